The summed E-state index contributed by atoms with van der Waals surface area (Å²) in [7, 11) is 1.52. The molecule has 3 N–H and O–H groups in total. The van der Waals surface area contributed by atoms with Crippen LogP contribution in [0.1, 0.15) is 21.5 Å². The Morgan fingerprint density at radius 2 is 1.82 bits per heavy atom. The van der Waals surface area contributed by atoms with Crippen LogP contribution in [0, 0.1) is 12.1 Å². The predicted octanol–water partition coefficient (Wildman–Crippen LogP) is 1.16. The van der Waals surface area contributed by atoms with Gasteiger partial charge in [0.25, 0.3) is 5.56 Å². The molecule has 0 saturated heterocycles. The molecule has 4 rings (SSSR count). The van der Waals surface area contributed by atoms with E-state index >= 15 is 0 Å². The van der Waals surface area contributed by atoms with Gasteiger partial charge in [0, 0.05) is 24.7 Å². The number of Topliss-reactive ketones (excluding diaryl/α,β-unsaturated/α-hetero) is 1. The van der Waals surface area contributed by atoms with Crippen molar-refractivity contribution in [3.63, 3.8) is 0 Å². The lowest BCUT2D eigenvalue weighted by Crippen LogP contribution is -2.99. The Morgan fingerprint density at radius 3 is 2.45 bits per heavy atom. The lowest BCUT2D eigenvalue weighted by atomic mass is 10.1. The quantitative estimate of drug-likeness (QED) is 0.211. The van der Waals surface area contributed by atoms with Gasteiger partial charge in [-0.3, -0.25) is 19.1 Å². The van der Waals surface area contributed by atoms with Crippen LogP contribution in [-0.4, -0.2) is 35.8 Å². The maximum Gasteiger partial charge on any atom is 0.329 e. The summed E-state index contributed by atoms with van der Waals surface area (Å²) in [5.41, 5.74) is 1.87. The van der Waals surface area contributed by atoms with Crippen LogP contribution in [0.15, 0.2) is 63.3 Å². The van der Waals surface area contributed by atoms with Crippen molar-refractivity contribution in [2.24, 2.45) is 7.05 Å². The van der Waals surface area contributed by atoms with E-state index < -0.39 is 16.5 Å². The molecule has 33 heavy (non-hydrogen) atoms. The maximum atomic E-state index is 12.7. The highest BCUT2D eigenvalue weighted by Gasteiger charge is 2.19. The first-order valence-corrected chi connectivity index (χ1v) is 11.0. The first-order chi connectivity index (χ1) is 15.7. The molecule has 2 heterocycles. The average Bonchev–Trinajstić information content (AvgIpc) is 3.16. The fraction of sp³-hybridized carbons (Fsp3) is 0.182. The van der Waals surface area contributed by atoms with Crippen molar-refractivity contribution >= 4 is 34.4 Å². The summed E-state index contributed by atoms with van der Waals surface area (Å²) in [4.78, 5) is 44.1. The Morgan fingerprint density at radius 1 is 1.15 bits per heavy atom. The zero-order valence-electron chi connectivity index (χ0n) is 17.9. The van der Waals surface area contributed by atoms with Crippen LogP contribution >= 0.6 is 11.8 Å². The Labute approximate surface area is 191 Å². The molecule has 0 saturated carbocycles. The average molecular weight is 468 g/mol. The van der Waals surface area contributed by atoms with Gasteiger partial charge in [-0.1, -0.05) is 41.6 Å². The van der Waals surface area contributed by atoms with Crippen LogP contribution in [0.4, 0.5) is 5.69 Å². The van der Waals surface area contributed by atoms with Crippen LogP contribution in [-0.2, 0) is 13.6 Å². The number of carbonyl (C=O) groups excluding carboxylic acids is 1. The molecule has 0 aliphatic rings. The number of imidazole rings is 1. The smallest absolute Gasteiger partial charge is 0.329 e. The Bertz CT molecular complexity index is 1440. The molecule has 1 atom stereocenters. The largest absolute Gasteiger partial charge is 0.595 e. The van der Waals surface area contributed by atoms with Gasteiger partial charge in [-0.2, -0.15) is 5.23 Å². The number of H-pyrrole nitrogens is 1. The van der Waals surface area contributed by atoms with Crippen LogP contribution in [0.25, 0.3) is 11.2 Å². The first-order valence-electron chi connectivity index (χ1n) is 9.99. The number of hydrogen-bond donors (Lipinski definition) is 3. The number of thioether (sulfide) groups is 1. The van der Waals surface area contributed by atoms with E-state index in [-0.39, 0.29) is 28.4 Å². The molecule has 0 spiro atoms. The number of nitrogens with zero attached hydrogens (tertiary/aromatic N) is 3. The van der Waals surface area contributed by atoms with Gasteiger partial charge in [-0.15, -0.1) is 0 Å². The van der Waals surface area contributed by atoms with E-state index in [0.717, 1.165) is 22.9 Å². The van der Waals surface area contributed by atoms with E-state index in [1.165, 1.54) is 35.9 Å². The molecule has 10 nitrogen and oxygen atoms in total. The molecule has 0 aliphatic carbocycles. The third kappa shape index (κ3) is 4.66. The maximum absolute atomic E-state index is 12.7. The minimum atomic E-state index is -1.07. The minimum absolute atomic E-state index is 0.0233. The molecule has 0 aliphatic heterocycles. The number of rotatable bonds is 7. The molecular weight excluding hydrogens is 446 g/mol. The van der Waals surface area contributed by atoms with E-state index in [9.17, 15) is 19.6 Å². The number of hydrogen-bond acceptors (Lipinski definition) is 7. The van der Waals surface area contributed by atoms with Gasteiger partial charge in [0.1, 0.15) is 0 Å². The monoisotopic (exact) mass is 467 g/mol. The van der Waals surface area contributed by atoms with E-state index in [1.54, 1.807) is 4.57 Å². The van der Waals surface area contributed by atoms with Gasteiger partial charge in [0.2, 0.25) is 0 Å². The lowest BCUT2D eigenvalue weighted by Gasteiger charge is -2.11. The summed E-state index contributed by atoms with van der Waals surface area (Å²) < 4.78 is 2.96. The molecule has 0 amide bonds. The number of aromatic nitrogens is 4. The zero-order valence-corrected chi connectivity index (χ0v) is 18.7. The van der Waals surface area contributed by atoms with Crippen molar-refractivity contribution in [3.8, 4) is 0 Å². The molecule has 4 aromatic rings. The van der Waals surface area contributed by atoms with Crippen molar-refractivity contribution in [3.05, 3.63) is 91.3 Å². The van der Waals surface area contributed by atoms with Crippen LogP contribution in [0.5, 0.6) is 0 Å². The molecule has 1 unspecified atom stereocenters. The first kappa shape index (κ1) is 22.7. The number of fused-ring (bicyclic) bond motifs is 1. The summed E-state index contributed by atoms with van der Waals surface area (Å²) in [6, 6.07) is 13.5. The van der Waals surface area contributed by atoms with Gasteiger partial charge in [-0.05, 0) is 24.6 Å². The van der Waals surface area contributed by atoms with Gasteiger partial charge < -0.3 is 9.77 Å². The third-order valence-electron chi connectivity index (χ3n) is 5.22. The summed E-state index contributed by atoms with van der Waals surface area (Å²) in [6.45, 7) is 2.31. The lowest BCUT2D eigenvalue weighted by molar-refractivity contribution is -0.991. The number of nitrogens with one attached hydrogen (secondary N) is 2. The SMILES string of the molecule is Cc1ccc(Cn2c(SCC(=O)c3ccc([NH+]([O-])O)cc3)nc3c2c(=O)[nH]c(=O)n3C)cc1. The van der Waals surface area contributed by atoms with Crippen molar-refractivity contribution in [1.29, 1.82) is 0 Å². The third-order valence-corrected chi connectivity index (χ3v) is 6.20. The predicted molar refractivity (Wildman–Crippen MR) is 123 cm³/mol. The standard InChI is InChI=1S/C22H21N5O5S/c1-13-3-5-14(6-4-13)11-26-18-19(25(2)21(30)24-20(18)29)23-22(26)33-12-17(28)15-7-9-16(10-8-15)27(31)32/h3-10,27,31H,11-12H2,1-2H3,(H,24,29,30). The van der Waals surface area contributed by atoms with Crippen molar-refractivity contribution in [2.75, 3.05) is 5.75 Å². The molecule has 2 aromatic heterocycles. The summed E-state index contributed by atoms with van der Waals surface area (Å²) in [5, 5.41) is 19.4. The highest BCUT2D eigenvalue weighted by molar-refractivity contribution is 7.99. The number of aromatic amines is 1. The molecule has 2 aromatic carbocycles. The molecule has 11 heteroatoms. The highest BCUT2D eigenvalue weighted by atomic mass is 32.2. The Kier molecular flexibility index (Phi) is 6.29. The van der Waals surface area contributed by atoms with E-state index in [1.807, 2.05) is 31.2 Å². The van der Waals surface area contributed by atoms with E-state index in [4.69, 9.17) is 5.21 Å². The second kappa shape index (κ2) is 9.16. The van der Waals surface area contributed by atoms with Crippen LogP contribution < -0.4 is 16.5 Å². The number of benzene rings is 2. The van der Waals surface area contributed by atoms with Crippen molar-refractivity contribution < 1.29 is 15.2 Å². The Balaban J connectivity index is 1.68. The van der Waals surface area contributed by atoms with Gasteiger partial charge in [0.05, 0.1) is 12.3 Å². The van der Waals surface area contributed by atoms with Crippen molar-refractivity contribution in [1.82, 2.24) is 19.1 Å². The summed E-state index contributed by atoms with van der Waals surface area (Å²) in [5.74, 6) is -0.191. The topological polar surface area (TPSA) is 137 Å². The van der Waals surface area contributed by atoms with Crippen LogP contribution in [0.2, 0.25) is 0 Å². The number of carbonyl (C=O) groups is 1. The highest BCUT2D eigenvalue weighted by Crippen LogP contribution is 2.24. The van der Waals surface area contributed by atoms with Gasteiger partial charge in [-0.25, -0.2) is 15.0 Å². The van der Waals surface area contributed by atoms with Gasteiger partial charge >= 0.3 is 5.69 Å². The Hall–Kier alpha value is -3.51. The number of ketones is 1. The fourth-order valence-corrected chi connectivity index (χ4v) is 4.25. The minimum Gasteiger partial charge on any atom is -0.595 e. The summed E-state index contributed by atoms with van der Waals surface area (Å²) in [6.07, 6.45) is 0. The molecule has 0 radical (unpaired) electrons. The molecule has 170 valence electrons. The molecular formula is C22H21N5O5S. The molecule has 0 bridgehead atoms. The van der Waals surface area contributed by atoms with Crippen LogP contribution in [0.3, 0.4) is 0 Å². The van der Waals surface area contributed by atoms with E-state index in [2.05, 4.69) is 9.97 Å². The summed E-state index contributed by atoms with van der Waals surface area (Å²) >= 11 is 1.15. The normalized spacial score (nSPS) is 12.2. The molecule has 0 fully saturated rings. The second-order valence-corrected chi connectivity index (χ2v) is 8.49. The number of quaternary nitrogens is 1. The fourth-order valence-electron chi connectivity index (χ4n) is 3.36. The van der Waals surface area contributed by atoms with E-state index in [0.29, 0.717) is 17.3 Å². The van der Waals surface area contributed by atoms with Crippen molar-refractivity contribution in [2.45, 2.75) is 18.6 Å². The number of aryl methyl sites for hydroxylation is 2. The second-order valence-electron chi connectivity index (χ2n) is 7.55. The zero-order chi connectivity index (χ0) is 23.7. The van der Waals surface area contributed by atoms with Gasteiger partial charge in [0.15, 0.2) is 27.8 Å².